The average molecular weight is 561 g/mol. The lowest BCUT2D eigenvalue weighted by atomic mass is 10.1. The molecule has 0 amide bonds. The van der Waals surface area contributed by atoms with Crippen LogP contribution in [0.3, 0.4) is 0 Å². The van der Waals surface area contributed by atoms with Crippen LogP contribution < -0.4 is 15.5 Å². The molecule has 0 radical (unpaired) electrons. The summed E-state index contributed by atoms with van der Waals surface area (Å²) >= 11 is 5.18. The van der Waals surface area contributed by atoms with Crippen LogP contribution in [0.4, 0.5) is 18.9 Å². The van der Waals surface area contributed by atoms with Crippen molar-refractivity contribution >= 4 is 39.1 Å². The van der Waals surface area contributed by atoms with Gasteiger partial charge in [-0.2, -0.15) is 5.10 Å². The van der Waals surface area contributed by atoms with E-state index in [1.165, 1.54) is 47.6 Å². The Labute approximate surface area is 220 Å². The zero-order valence-electron chi connectivity index (χ0n) is 19.5. The first kappa shape index (κ1) is 26.8. The lowest BCUT2D eigenvalue weighted by Gasteiger charge is -2.10. The van der Waals surface area contributed by atoms with Crippen LogP contribution in [0.25, 0.3) is 17.1 Å². The summed E-state index contributed by atoms with van der Waals surface area (Å²) in [4.78, 5) is 4.37. The molecule has 0 fully saturated rings. The van der Waals surface area contributed by atoms with Gasteiger partial charge in [0.15, 0.2) is 20.8 Å². The van der Waals surface area contributed by atoms with Gasteiger partial charge in [-0.25, -0.2) is 18.1 Å². The number of nitrogens with one attached hydrogen (secondary N) is 2. The molecular weight excluding hydrogens is 541 g/mol. The van der Waals surface area contributed by atoms with Gasteiger partial charge >= 0.3 is 6.36 Å². The van der Waals surface area contributed by atoms with Gasteiger partial charge in [-0.15, -0.1) is 18.3 Å². The van der Waals surface area contributed by atoms with E-state index in [1.807, 2.05) is 0 Å². The first-order chi connectivity index (χ1) is 18.0. The number of para-hydroxylation sites is 1. The number of ether oxygens (including phenoxy) is 1. The summed E-state index contributed by atoms with van der Waals surface area (Å²) in [6, 6.07) is 18.7. The molecule has 4 aromatic rings. The lowest BCUT2D eigenvalue weighted by molar-refractivity contribution is -0.274. The van der Waals surface area contributed by atoms with Crippen molar-refractivity contribution in [3.05, 3.63) is 84.7 Å². The highest BCUT2D eigenvalue weighted by Crippen LogP contribution is 2.24. The molecule has 1 heterocycles. The Morgan fingerprint density at radius 2 is 1.74 bits per heavy atom. The number of sulfone groups is 1. The number of benzene rings is 3. The van der Waals surface area contributed by atoms with E-state index in [9.17, 15) is 21.6 Å². The molecule has 0 aliphatic carbocycles. The Morgan fingerprint density at radius 3 is 2.39 bits per heavy atom. The normalized spacial score (nSPS) is 11.9. The molecule has 38 heavy (non-hydrogen) atoms. The average Bonchev–Trinajstić information content (AvgIpc) is 3.34. The SMILES string of the molecule is CS(=O)(=O)c1ccccc1NC(=S)NN=Cc1ccc(-c2ncn(-c3ccc(OC(F)(F)F)cc3)n2)cc1. The highest BCUT2D eigenvalue weighted by molar-refractivity contribution is 7.90. The first-order valence-electron chi connectivity index (χ1n) is 10.8. The zero-order chi connectivity index (χ0) is 27.3. The smallest absolute Gasteiger partial charge is 0.406 e. The van der Waals surface area contributed by atoms with Gasteiger partial charge in [0.25, 0.3) is 0 Å². The summed E-state index contributed by atoms with van der Waals surface area (Å²) in [5.41, 5.74) is 4.93. The maximum atomic E-state index is 12.3. The van der Waals surface area contributed by atoms with Gasteiger partial charge in [-0.05, 0) is 54.2 Å². The van der Waals surface area contributed by atoms with E-state index in [0.717, 1.165) is 11.8 Å². The van der Waals surface area contributed by atoms with E-state index >= 15 is 0 Å². The number of hydrogen-bond acceptors (Lipinski definition) is 7. The molecule has 0 bridgehead atoms. The minimum absolute atomic E-state index is 0.113. The monoisotopic (exact) mass is 560 g/mol. The zero-order valence-corrected chi connectivity index (χ0v) is 21.2. The van der Waals surface area contributed by atoms with Gasteiger partial charge in [0.2, 0.25) is 0 Å². The lowest BCUT2D eigenvalue weighted by Crippen LogP contribution is -2.24. The number of halogens is 3. The first-order valence-corrected chi connectivity index (χ1v) is 13.1. The minimum Gasteiger partial charge on any atom is -0.406 e. The molecule has 4 rings (SSSR count). The fourth-order valence-corrected chi connectivity index (χ4v) is 4.25. The summed E-state index contributed by atoms with van der Waals surface area (Å²) in [6.07, 6.45) is -0.676. The molecule has 1 aromatic heterocycles. The van der Waals surface area contributed by atoms with Crippen LogP contribution in [-0.4, -0.2) is 47.1 Å². The Morgan fingerprint density at radius 1 is 1.05 bits per heavy atom. The van der Waals surface area contributed by atoms with Crippen molar-refractivity contribution in [2.75, 3.05) is 11.6 Å². The molecule has 196 valence electrons. The number of thiocarbonyl (C=S) groups is 1. The Bertz CT molecular complexity index is 1570. The summed E-state index contributed by atoms with van der Waals surface area (Å²) in [5, 5.41) is 11.4. The van der Waals surface area contributed by atoms with E-state index in [2.05, 4.69) is 30.7 Å². The minimum atomic E-state index is -4.76. The number of hydrogen-bond donors (Lipinski definition) is 2. The van der Waals surface area contributed by atoms with Gasteiger partial charge in [0.05, 0.1) is 22.5 Å². The number of anilines is 1. The second-order valence-electron chi connectivity index (χ2n) is 7.77. The Hall–Kier alpha value is -4.30. The Kier molecular flexibility index (Phi) is 7.73. The van der Waals surface area contributed by atoms with Crippen molar-refractivity contribution in [3.63, 3.8) is 0 Å². The molecule has 2 N–H and O–H groups in total. The molecule has 0 aliphatic rings. The number of nitrogens with zero attached hydrogens (tertiary/aromatic N) is 4. The number of aromatic nitrogens is 3. The fraction of sp³-hybridized carbons (Fsp3) is 0.0833. The van der Waals surface area contributed by atoms with Crippen molar-refractivity contribution in [1.29, 1.82) is 0 Å². The van der Waals surface area contributed by atoms with Crippen LogP contribution in [0.5, 0.6) is 5.75 Å². The van der Waals surface area contributed by atoms with Crippen molar-refractivity contribution in [1.82, 2.24) is 20.2 Å². The number of hydrazone groups is 1. The van der Waals surface area contributed by atoms with Gasteiger partial charge in [0.1, 0.15) is 12.1 Å². The standard InChI is InChI=1S/C24H19F3N6O3S2/c1-38(34,35)21-5-3-2-4-20(21)30-23(37)31-29-14-16-6-8-17(9-7-16)22-28-15-33(32-22)18-10-12-19(13-11-18)36-24(25,26)27/h2-15H,1H3,(H2,30,31,37). The fourth-order valence-electron chi connectivity index (χ4n) is 3.25. The van der Waals surface area contributed by atoms with Crippen molar-refractivity contribution in [2.45, 2.75) is 11.3 Å². The second kappa shape index (κ2) is 11.0. The third-order valence-electron chi connectivity index (χ3n) is 4.91. The highest BCUT2D eigenvalue weighted by atomic mass is 32.2. The number of alkyl halides is 3. The van der Waals surface area contributed by atoms with E-state index in [1.54, 1.807) is 42.5 Å². The predicted octanol–water partition coefficient (Wildman–Crippen LogP) is 4.56. The van der Waals surface area contributed by atoms with Gasteiger partial charge < -0.3 is 10.1 Å². The van der Waals surface area contributed by atoms with E-state index in [4.69, 9.17) is 12.2 Å². The molecule has 3 aromatic carbocycles. The topological polar surface area (TPSA) is 110 Å². The van der Waals surface area contributed by atoms with Gasteiger partial charge in [-0.3, -0.25) is 5.43 Å². The molecule has 0 spiro atoms. The summed E-state index contributed by atoms with van der Waals surface area (Å²) in [5.74, 6) is 0.0840. The van der Waals surface area contributed by atoms with Crippen molar-refractivity contribution in [2.24, 2.45) is 5.10 Å². The molecule has 0 saturated carbocycles. The maximum absolute atomic E-state index is 12.3. The molecule has 14 heteroatoms. The van der Waals surface area contributed by atoms with Gasteiger partial charge in [-0.1, -0.05) is 36.4 Å². The summed E-state index contributed by atoms with van der Waals surface area (Å²) in [6.45, 7) is 0. The van der Waals surface area contributed by atoms with E-state index in [0.29, 0.717) is 22.8 Å². The van der Waals surface area contributed by atoms with Crippen LogP contribution in [-0.2, 0) is 9.84 Å². The summed E-state index contributed by atoms with van der Waals surface area (Å²) in [7, 11) is -3.43. The molecule has 0 atom stereocenters. The third kappa shape index (κ3) is 7.14. The Balaban J connectivity index is 1.36. The van der Waals surface area contributed by atoms with Crippen LogP contribution in [0.2, 0.25) is 0 Å². The third-order valence-corrected chi connectivity index (χ3v) is 6.26. The van der Waals surface area contributed by atoms with Crippen LogP contribution >= 0.6 is 12.2 Å². The summed E-state index contributed by atoms with van der Waals surface area (Å²) < 4.78 is 66.1. The quantitative estimate of drug-likeness (QED) is 0.192. The van der Waals surface area contributed by atoms with E-state index < -0.39 is 16.2 Å². The van der Waals surface area contributed by atoms with Crippen LogP contribution in [0.15, 0.2) is 89.1 Å². The molecule has 9 nitrogen and oxygen atoms in total. The maximum Gasteiger partial charge on any atom is 0.573 e. The van der Waals surface area contributed by atoms with Gasteiger partial charge in [0, 0.05) is 11.8 Å². The number of rotatable bonds is 7. The van der Waals surface area contributed by atoms with Crippen molar-refractivity contribution in [3.8, 4) is 22.8 Å². The van der Waals surface area contributed by atoms with Crippen molar-refractivity contribution < 1.29 is 26.3 Å². The largest absolute Gasteiger partial charge is 0.573 e. The highest BCUT2D eigenvalue weighted by Gasteiger charge is 2.31. The van der Waals surface area contributed by atoms with Crippen LogP contribution in [0, 0.1) is 0 Å². The second-order valence-corrected chi connectivity index (χ2v) is 10.2. The molecule has 0 aliphatic heterocycles. The van der Waals surface area contributed by atoms with Crippen LogP contribution in [0.1, 0.15) is 5.56 Å². The predicted molar refractivity (Wildman–Crippen MR) is 140 cm³/mol. The van der Waals surface area contributed by atoms with E-state index in [-0.39, 0.29) is 15.8 Å². The molecule has 0 saturated heterocycles. The molecule has 0 unspecified atom stereocenters. The molecular formula is C24H19F3N6O3S2.